The molecule has 8 heteroatoms. The van der Waals surface area contributed by atoms with Gasteiger partial charge in [-0.1, -0.05) is 23.7 Å². The lowest BCUT2D eigenvalue weighted by atomic mass is 10.1. The number of hydrogen-bond donors (Lipinski definition) is 1. The molecule has 0 spiro atoms. The maximum atomic E-state index is 12.4. The summed E-state index contributed by atoms with van der Waals surface area (Å²) in [5.74, 6) is 0.788. The van der Waals surface area contributed by atoms with Gasteiger partial charge in [0.1, 0.15) is 15.8 Å². The standard InChI is InChI=1S/C17H22ClN3O3S/c1-4-24-14-7-5-13(6-8-14)16(21(2)3)12-20-25(22,23)15-9-10-17(18)19-11-15/h5-11,16,20H,4,12H2,1-3H3. The summed E-state index contributed by atoms with van der Waals surface area (Å²) in [6, 6.07) is 10.4. The van der Waals surface area contributed by atoms with Gasteiger partial charge in [-0.05, 0) is 50.8 Å². The predicted molar refractivity (Wildman–Crippen MR) is 98.5 cm³/mol. The van der Waals surface area contributed by atoms with Crippen LogP contribution in [-0.2, 0) is 10.0 Å². The van der Waals surface area contributed by atoms with Crippen molar-refractivity contribution in [2.75, 3.05) is 27.2 Å². The van der Waals surface area contributed by atoms with E-state index in [1.807, 2.05) is 50.2 Å². The molecule has 1 atom stereocenters. The zero-order chi connectivity index (χ0) is 18.4. The minimum Gasteiger partial charge on any atom is -0.494 e. The third-order valence-corrected chi connectivity index (χ3v) is 5.31. The highest BCUT2D eigenvalue weighted by Gasteiger charge is 2.20. The molecule has 0 aliphatic heterocycles. The Morgan fingerprint density at radius 2 is 1.88 bits per heavy atom. The molecule has 1 unspecified atom stereocenters. The first kappa shape index (κ1) is 19.7. The highest BCUT2D eigenvalue weighted by molar-refractivity contribution is 7.89. The molecule has 0 saturated heterocycles. The van der Waals surface area contributed by atoms with Gasteiger partial charge in [-0.15, -0.1) is 0 Å². The van der Waals surface area contributed by atoms with E-state index in [2.05, 4.69) is 9.71 Å². The summed E-state index contributed by atoms with van der Waals surface area (Å²) in [7, 11) is 0.151. The molecule has 0 bridgehead atoms. The SMILES string of the molecule is CCOc1ccc(C(CNS(=O)(=O)c2ccc(Cl)nc2)N(C)C)cc1. The van der Waals surface area contributed by atoms with Crippen molar-refractivity contribution in [1.29, 1.82) is 0 Å². The van der Waals surface area contributed by atoms with E-state index in [9.17, 15) is 8.42 Å². The summed E-state index contributed by atoms with van der Waals surface area (Å²) in [6.45, 7) is 2.76. The first-order chi connectivity index (χ1) is 11.8. The van der Waals surface area contributed by atoms with Crippen molar-refractivity contribution >= 4 is 21.6 Å². The number of halogens is 1. The number of aromatic nitrogens is 1. The quantitative estimate of drug-likeness (QED) is 0.709. The summed E-state index contributed by atoms with van der Waals surface area (Å²) in [5, 5.41) is 0.250. The molecule has 1 aromatic heterocycles. The van der Waals surface area contributed by atoms with Crippen LogP contribution >= 0.6 is 11.6 Å². The van der Waals surface area contributed by atoms with Crippen LogP contribution in [0.2, 0.25) is 5.15 Å². The molecule has 2 aromatic rings. The number of hydrogen-bond acceptors (Lipinski definition) is 5. The van der Waals surface area contributed by atoms with Crippen LogP contribution in [0, 0.1) is 0 Å². The van der Waals surface area contributed by atoms with Crippen LogP contribution in [0.15, 0.2) is 47.5 Å². The van der Waals surface area contributed by atoms with Crippen LogP contribution in [-0.4, -0.2) is 45.5 Å². The van der Waals surface area contributed by atoms with E-state index >= 15 is 0 Å². The highest BCUT2D eigenvalue weighted by Crippen LogP contribution is 2.21. The van der Waals surface area contributed by atoms with Crippen molar-refractivity contribution in [2.24, 2.45) is 0 Å². The number of sulfonamides is 1. The van der Waals surface area contributed by atoms with Gasteiger partial charge < -0.3 is 9.64 Å². The fourth-order valence-corrected chi connectivity index (χ4v) is 3.44. The fraction of sp³-hybridized carbons (Fsp3) is 0.353. The number of likely N-dealkylation sites (N-methyl/N-ethyl adjacent to an activating group) is 1. The van der Waals surface area contributed by atoms with E-state index in [-0.39, 0.29) is 22.6 Å². The van der Waals surface area contributed by atoms with Crippen LogP contribution in [0.3, 0.4) is 0 Å². The van der Waals surface area contributed by atoms with E-state index < -0.39 is 10.0 Å². The Hall–Kier alpha value is -1.67. The van der Waals surface area contributed by atoms with Gasteiger partial charge in [0, 0.05) is 18.8 Å². The lowest BCUT2D eigenvalue weighted by Crippen LogP contribution is -2.34. The minimum atomic E-state index is -3.65. The second kappa shape index (κ2) is 8.62. The lowest BCUT2D eigenvalue weighted by Gasteiger charge is -2.25. The van der Waals surface area contributed by atoms with Crippen LogP contribution in [0.5, 0.6) is 5.75 Å². The van der Waals surface area contributed by atoms with E-state index in [1.54, 1.807) is 0 Å². The average molecular weight is 384 g/mol. The van der Waals surface area contributed by atoms with Gasteiger partial charge in [0.25, 0.3) is 0 Å². The van der Waals surface area contributed by atoms with Crippen LogP contribution in [0.4, 0.5) is 0 Å². The third-order valence-electron chi connectivity index (χ3n) is 3.68. The van der Waals surface area contributed by atoms with Gasteiger partial charge in [0.05, 0.1) is 6.61 Å². The second-order valence-electron chi connectivity index (χ2n) is 5.65. The summed E-state index contributed by atoms with van der Waals surface area (Å²) in [6.07, 6.45) is 1.24. The molecule has 1 heterocycles. The van der Waals surface area contributed by atoms with Crippen molar-refractivity contribution in [2.45, 2.75) is 17.9 Å². The predicted octanol–water partition coefficient (Wildman–Crippen LogP) is 2.71. The zero-order valence-corrected chi connectivity index (χ0v) is 16.0. The van der Waals surface area contributed by atoms with Crippen molar-refractivity contribution in [3.8, 4) is 5.75 Å². The molecule has 6 nitrogen and oxygen atoms in total. The van der Waals surface area contributed by atoms with Crippen LogP contribution < -0.4 is 9.46 Å². The Bertz CT molecular complexity index is 778. The number of benzene rings is 1. The van der Waals surface area contributed by atoms with Crippen molar-refractivity contribution in [3.05, 3.63) is 53.3 Å². The molecule has 0 fully saturated rings. The Kier molecular flexibility index (Phi) is 6.78. The summed E-state index contributed by atoms with van der Waals surface area (Å²) in [5.41, 5.74) is 0.991. The zero-order valence-electron chi connectivity index (χ0n) is 14.4. The smallest absolute Gasteiger partial charge is 0.242 e. The Morgan fingerprint density at radius 1 is 1.20 bits per heavy atom. The van der Waals surface area contributed by atoms with E-state index in [0.29, 0.717) is 6.61 Å². The molecule has 0 amide bonds. The molecule has 0 radical (unpaired) electrons. The van der Waals surface area contributed by atoms with Gasteiger partial charge in [-0.25, -0.2) is 18.1 Å². The van der Waals surface area contributed by atoms with E-state index in [4.69, 9.17) is 16.3 Å². The number of nitrogens with one attached hydrogen (secondary N) is 1. The van der Waals surface area contributed by atoms with Gasteiger partial charge in [0.2, 0.25) is 10.0 Å². The van der Waals surface area contributed by atoms with E-state index in [1.165, 1.54) is 18.3 Å². The Morgan fingerprint density at radius 3 is 2.40 bits per heavy atom. The maximum absolute atomic E-state index is 12.4. The average Bonchev–Trinajstić information content (AvgIpc) is 2.57. The molecule has 0 aliphatic rings. The van der Waals surface area contributed by atoms with Gasteiger partial charge >= 0.3 is 0 Å². The van der Waals surface area contributed by atoms with Gasteiger partial charge in [0.15, 0.2) is 0 Å². The fourth-order valence-electron chi connectivity index (χ4n) is 2.34. The lowest BCUT2D eigenvalue weighted by molar-refractivity contribution is 0.298. The summed E-state index contributed by atoms with van der Waals surface area (Å²) in [4.78, 5) is 5.86. The molecule has 25 heavy (non-hydrogen) atoms. The minimum absolute atomic E-state index is 0.0844. The van der Waals surface area contributed by atoms with Crippen LogP contribution in [0.1, 0.15) is 18.5 Å². The molecule has 0 aliphatic carbocycles. The first-order valence-electron chi connectivity index (χ1n) is 7.84. The summed E-state index contributed by atoms with van der Waals surface area (Å²) >= 11 is 5.70. The molecule has 136 valence electrons. The van der Waals surface area contributed by atoms with E-state index in [0.717, 1.165) is 11.3 Å². The topological polar surface area (TPSA) is 71.5 Å². The number of ether oxygens (including phenoxy) is 1. The van der Waals surface area contributed by atoms with Gasteiger partial charge in [-0.3, -0.25) is 0 Å². The molecule has 2 rings (SSSR count). The number of pyridine rings is 1. The maximum Gasteiger partial charge on any atom is 0.242 e. The monoisotopic (exact) mass is 383 g/mol. The Balaban J connectivity index is 2.12. The largest absolute Gasteiger partial charge is 0.494 e. The number of rotatable bonds is 8. The first-order valence-corrected chi connectivity index (χ1v) is 9.70. The van der Waals surface area contributed by atoms with Crippen molar-refractivity contribution < 1.29 is 13.2 Å². The van der Waals surface area contributed by atoms with Gasteiger partial charge in [-0.2, -0.15) is 0 Å². The van der Waals surface area contributed by atoms with Crippen LogP contribution in [0.25, 0.3) is 0 Å². The third kappa shape index (κ3) is 5.40. The highest BCUT2D eigenvalue weighted by atomic mass is 35.5. The molecule has 1 aromatic carbocycles. The molecular weight excluding hydrogens is 362 g/mol. The van der Waals surface area contributed by atoms with Crippen molar-refractivity contribution in [3.63, 3.8) is 0 Å². The van der Waals surface area contributed by atoms with Crippen molar-refractivity contribution in [1.82, 2.24) is 14.6 Å². The second-order valence-corrected chi connectivity index (χ2v) is 7.80. The normalized spacial score (nSPS) is 13.0. The molecule has 1 N–H and O–H groups in total. The number of nitrogens with zero attached hydrogens (tertiary/aromatic N) is 2. The molecule has 0 saturated carbocycles. The Labute approximate surface area is 153 Å². The molecular formula is C17H22ClN3O3S. The summed E-state index contributed by atoms with van der Waals surface area (Å²) < 4.78 is 32.9.